The number of Topliss-reactive ketones (excluding diaryl/α,β-unsaturated/α-hetero) is 1. The molecule has 0 bridgehead atoms. The molecule has 2 aliphatic carbocycles. The topological polar surface area (TPSA) is 131 Å². The van der Waals surface area contributed by atoms with Crippen molar-refractivity contribution in [2.45, 2.75) is 89.8 Å². The molecular weight excluding hydrogens is 568 g/mol. The quantitative estimate of drug-likeness (QED) is 0.266. The highest BCUT2D eigenvalue weighted by atomic mass is 16.7. The fraction of sp³-hybridized carbons (Fsp3) is 0.588. The van der Waals surface area contributed by atoms with Crippen LogP contribution in [0.1, 0.15) is 82.3 Å². The third-order valence-corrected chi connectivity index (χ3v) is 12.1. The first kappa shape index (κ1) is 29.1. The molecule has 44 heavy (non-hydrogen) atoms. The summed E-state index contributed by atoms with van der Waals surface area (Å²) in [5.41, 5.74) is -3.90. The fourth-order valence-corrected chi connectivity index (χ4v) is 9.97. The van der Waals surface area contributed by atoms with Crippen molar-refractivity contribution in [2.75, 3.05) is 7.11 Å². The van der Waals surface area contributed by atoms with E-state index in [1.165, 1.54) is 6.26 Å². The lowest BCUT2D eigenvalue weighted by Gasteiger charge is -2.66. The smallest absolute Gasteiger partial charge is 0.339 e. The van der Waals surface area contributed by atoms with E-state index in [-0.39, 0.29) is 18.6 Å². The highest BCUT2D eigenvalue weighted by molar-refractivity contribution is 5.94. The van der Waals surface area contributed by atoms with Crippen molar-refractivity contribution in [3.8, 4) is 5.75 Å². The van der Waals surface area contributed by atoms with Crippen molar-refractivity contribution in [2.24, 2.45) is 28.1 Å². The van der Waals surface area contributed by atoms with Crippen LogP contribution in [-0.2, 0) is 33.3 Å². The Labute approximate surface area is 255 Å². The van der Waals surface area contributed by atoms with Gasteiger partial charge in [0.2, 0.25) is 0 Å². The number of esters is 3. The lowest BCUT2D eigenvalue weighted by molar-refractivity contribution is -0.231. The number of fused-ring (bicyclic) bond motifs is 3. The van der Waals surface area contributed by atoms with Crippen molar-refractivity contribution < 1.29 is 47.3 Å². The summed E-state index contributed by atoms with van der Waals surface area (Å²) in [5.74, 6) is -1.89. The van der Waals surface area contributed by atoms with Crippen LogP contribution in [0.4, 0.5) is 0 Å². The van der Waals surface area contributed by atoms with Crippen LogP contribution in [0.2, 0.25) is 0 Å². The zero-order valence-electron chi connectivity index (χ0n) is 25.8. The van der Waals surface area contributed by atoms with Crippen LogP contribution in [0.25, 0.3) is 0 Å². The van der Waals surface area contributed by atoms with Gasteiger partial charge in [-0.1, -0.05) is 13.8 Å². The summed E-state index contributed by atoms with van der Waals surface area (Å²) < 4.78 is 35.3. The van der Waals surface area contributed by atoms with E-state index in [9.17, 15) is 19.2 Å². The first-order valence-corrected chi connectivity index (χ1v) is 15.2. The molecule has 0 radical (unpaired) electrons. The van der Waals surface area contributed by atoms with Crippen LogP contribution in [0.5, 0.6) is 5.75 Å². The van der Waals surface area contributed by atoms with Gasteiger partial charge in [0.15, 0.2) is 6.10 Å². The van der Waals surface area contributed by atoms with E-state index < -0.39 is 75.5 Å². The molecule has 1 aromatic carbocycles. The largest absolute Gasteiger partial charge is 0.497 e. The molecular formula is C34H38O10. The second kappa shape index (κ2) is 9.19. The van der Waals surface area contributed by atoms with Gasteiger partial charge in [-0.25, -0.2) is 9.59 Å². The number of carbonyl (C=O) groups is 4. The lowest BCUT2D eigenvalue weighted by atomic mass is 9.37. The molecule has 7 rings (SSSR count). The number of hydrogen-bond acceptors (Lipinski definition) is 10. The lowest BCUT2D eigenvalue weighted by Crippen LogP contribution is -2.72. The number of methoxy groups -OCH3 is 1. The van der Waals surface area contributed by atoms with Crippen LogP contribution in [0.15, 0.2) is 47.3 Å². The summed E-state index contributed by atoms with van der Waals surface area (Å²) >= 11 is 0. The van der Waals surface area contributed by atoms with Gasteiger partial charge in [0, 0.05) is 28.7 Å². The van der Waals surface area contributed by atoms with Crippen LogP contribution < -0.4 is 4.74 Å². The van der Waals surface area contributed by atoms with Crippen molar-refractivity contribution in [1.82, 2.24) is 0 Å². The summed E-state index contributed by atoms with van der Waals surface area (Å²) in [6, 6.07) is 8.36. The molecule has 1 spiro atoms. The summed E-state index contributed by atoms with van der Waals surface area (Å²) in [7, 11) is 1.54. The molecule has 5 fully saturated rings. The maximum Gasteiger partial charge on any atom is 0.339 e. The number of ether oxygens (including phenoxy) is 5. The third kappa shape index (κ3) is 3.51. The van der Waals surface area contributed by atoms with Gasteiger partial charge < -0.3 is 28.1 Å². The fourth-order valence-electron chi connectivity index (χ4n) is 9.97. The van der Waals surface area contributed by atoms with Crippen molar-refractivity contribution in [1.29, 1.82) is 0 Å². The first-order valence-electron chi connectivity index (χ1n) is 15.2. The molecule has 10 heteroatoms. The number of epoxide rings is 1. The minimum atomic E-state index is -1.15. The molecule has 2 saturated carbocycles. The molecule has 3 aliphatic heterocycles. The Morgan fingerprint density at radius 3 is 2.32 bits per heavy atom. The zero-order valence-corrected chi connectivity index (χ0v) is 25.8. The number of hydrogen-bond donors (Lipinski definition) is 0. The average Bonchev–Trinajstić information content (AvgIpc) is 3.57. The van der Waals surface area contributed by atoms with Gasteiger partial charge in [-0.2, -0.15) is 0 Å². The minimum Gasteiger partial charge on any atom is -0.497 e. The highest BCUT2D eigenvalue weighted by Crippen LogP contribution is 2.78. The standard InChI is InChI=1S/C34H38O10/c1-30(2)22-15-23(35)33(5)21(11-13-31(3)26(19-12-14-40-17-19)42-29(38)27-34(31,33)44-27)32(22,4)24(16-25(36)43-30)41-28(37)18-7-9-20(39-6)10-8-18/h7-10,12,14,17,21-22,24,26-27H,11,13,15-16H2,1-6H3/t21?,22-,24-,26-,27+,31-,32+,33-,34+/m0/s1. The summed E-state index contributed by atoms with van der Waals surface area (Å²) in [6.45, 7) is 9.62. The van der Waals surface area contributed by atoms with E-state index in [0.717, 1.165) is 0 Å². The number of furan rings is 1. The Morgan fingerprint density at radius 2 is 1.66 bits per heavy atom. The first-order chi connectivity index (χ1) is 20.7. The van der Waals surface area contributed by atoms with E-state index in [0.29, 0.717) is 29.7 Å². The maximum absolute atomic E-state index is 14.7. The molecule has 0 amide bonds. The van der Waals surface area contributed by atoms with E-state index >= 15 is 0 Å². The second-order valence-electron chi connectivity index (χ2n) is 14.3. The normalized spacial score (nSPS) is 41.9. The van der Waals surface area contributed by atoms with Gasteiger partial charge in [-0.3, -0.25) is 9.59 Å². The third-order valence-electron chi connectivity index (χ3n) is 12.1. The molecule has 10 nitrogen and oxygen atoms in total. The summed E-state index contributed by atoms with van der Waals surface area (Å²) in [5, 5.41) is 0. The average molecular weight is 607 g/mol. The predicted molar refractivity (Wildman–Crippen MR) is 152 cm³/mol. The number of ketones is 1. The Hall–Kier alpha value is -3.66. The number of benzene rings is 1. The zero-order chi connectivity index (χ0) is 31.4. The van der Waals surface area contributed by atoms with Crippen LogP contribution in [0.3, 0.4) is 0 Å². The Bertz CT molecular complexity index is 1540. The van der Waals surface area contributed by atoms with E-state index in [2.05, 4.69) is 0 Å². The van der Waals surface area contributed by atoms with Gasteiger partial charge in [0.05, 0.1) is 37.0 Å². The molecule has 2 aromatic rings. The van der Waals surface area contributed by atoms with Crippen LogP contribution >= 0.6 is 0 Å². The SMILES string of the molecule is COc1ccc(C(=O)O[C@H]2CC(=O)OC(C)(C)[C@@H]3CC(=O)[C@]4(C)C(CC[C@@]5(C)[C@H](c6ccoc6)OC(=O)[C@H]6O[C@]654)[C@@]23C)cc1. The van der Waals surface area contributed by atoms with Gasteiger partial charge in [-0.15, -0.1) is 0 Å². The predicted octanol–water partition coefficient (Wildman–Crippen LogP) is 4.99. The monoisotopic (exact) mass is 606 g/mol. The Balaban J connectivity index is 1.34. The van der Waals surface area contributed by atoms with Crippen LogP contribution in [-0.4, -0.2) is 54.2 Å². The molecule has 0 N–H and O–H groups in total. The Morgan fingerprint density at radius 1 is 0.932 bits per heavy atom. The molecule has 4 heterocycles. The molecule has 1 aromatic heterocycles. The van der Waals surface area contributed by atoms with E-state index in [1.54, 1.807) is 43.7 Å². The maximum atomic E-state index is 14.7. The number of carbonyl (C=O) groups excluding carboxylic acids is 4. The summed E-state index contributed by atoms with van der Waals surface area (Å²) in [6.07, 6.45) is 1.68. The number of rotatable bonds is 4. The minimum absolute atomic E-state index is 0.0506. The molecule has 5 aliphatic rings. The molecule has 234 valence electrons. The Kier molecular flexibility index (Phi) is 6.07. The molecule has 1 unspecified atom stereocenters. The van der Waals surface area contributed by atoms with Gasteiger partial charge in [0.1, 0.15) is 34.9 Å². The molecule has 9 atom stereocenters. The van der Waals surface area contributed by atoms with Crippen molar-refractivity contribution in [3.63, 3.8) is 0 Å². The van der Waals surface area contributed by atoms with E-state index in [1.807, 2.05) is 34.6 Å². The van der Waals surface area contributed by atoms with Crippen molar-refractivity contribution in [3.05, 3.63) is 54.0 Å². The van der Waals surface area contributed by atoms with Crippen LogP contribution in [0, 0.1) is 28.1 Å². The molecule has 3 saturated heterocycles. The van der Waals surface area contributed by atoms with Gasteiger partial charge in [-0.05, 0) is 69.9 Å². The van der Waals surface area contributed by atoms with Crippen molar-refractivity contribution >= 4 is 23.7 Å². The van der Waals surface area contributed by atoms with E-state index in [4.69, 9.17) is 28.1 Å². The summed E-state index contributed by atoms with van der Waals surface area (Å²) in [4.78, 5) is 54.9. The number of cyclic esters (lactones) is 2. The second-order valence-corrected chi connectivity index (χ2v) is 14.3. The van der Waals surface area contributed by atoms with Gasteiger partial charge >= 0.3 is 17.9 Å². The van der Waals surface area contributed by atoms with Gasteiger partial charge in [0.25, 0.3) is 0 Å². The highest BCUT2D eigenvalue weighted by Gasteiger charge is 2.88.